The molecule has 3 heterocycles. The number of sulfonamides is 1. The van der Waals surface area contributed by atoms with Gasteiger partial charge in [0.25, 0.3) is 5.91 Å². The molecule has 3 aromatic rings. The van der Waals surface area contributed by atoms with Gasteiger partial charge in [0.2, 0.25) is 16.8 Å². The lowest BCUT2D eigenvalue weighted by Gasteiger charge is -2.32. The molecule has 1 atom stereocenters. The van der Waals surface area contributed by atoms with Crippen molar-refractivity contribution in [3.63, 3.8) is 0 Å². The predicted molar refractivity (Wildman–Crippen MR) is 130 cm³/mol. The number of rotatable bonds is 5. The summed E-state index contributed by atoms with van der Waals surface area (Å²) >= 11 is 1.37. The van der Waals surface area contributed by atoms with Crippen molar-refractivity contribution in [3.8, 4) is 11.5 Å². The molecule has 2 aliphatic rings. The number of benzene rings is 2. The zero-order chi connectivity index (χ0) is 23.9. The van der Waals surface area contributed by atoms with Gasteiger partial charge in [-0.25, -0.2) is 8.42 Å². The van der Waals surface area contributed by atoms with E-state index in [1.807, 2.05) is 23.6 Å². The molecule has 0 N–H and O–H groups in total. The maximum absolute atomic E-state index is 13.1. The minimum atomic E-state index is -3.59. The van der Waals surface area contributed by atoms with Crippen LogP contribution in [0.3, 0.4) is 0 Å². The molecule has 5 rings (SSSR count). The van der Waals surface area contributed by atoms with E-state index in [1.54, 1.807) is 10.4 Å². The maximum Gasteiger partial charge on any atom is 0.279 e. The van der Waals surface area contributed by atoms with E-state index in [-0.39, 0.29) is 17.7 Å². The van der Waals surface area contributed by atoms with Crippen LogP contribution in [-0.4, -0.2) is 42.6 Å². The molecule has 2 aromatic carbocycles. The highest BCUT2D eigenvalue weighted by Gasteiger charge is 2.31. The van der Waals surface area contributed by atoms with Crippen LogP contribution in [0.25, 0.3) is 10.2 Å². The summed E-state index contributed by atoms with van der Waals surface area (Å²) < 4.78 is 41.4. The molecule has 34 heavy (non-hydrogen) atoms. The number of hydrogen-bond donors (Lipinski definition) is 0. The van der Waals surface area contributed by atoms with Crippen molar-refractivity contribution in [2.24, 2.45) is 4.99 Å². The van der Waals surface area contributed by atoms with Crippen molar-refractivity contribution in [2.75, 3.05) is 13.3 Å². The smallest absolute Gasteiger partial charge is 0.279 e. The van der Waals surface area contributed by atoms with Gasteiger partial charge in [0, 0.05) is 36.8 Å². The number of carbonyl (C=O) groups is 1. The van der Waals surface area contributed by atoms with E-state index in [9.17, 15) is 13.2 Å². The van der Waals surface area contributed by atoms with Crippen LogP contribution in [-0.2, 0) is 16.6 Å². The average molecular weight is 500 g/mol. The van der Waals surface area contributed by atoms with E-state index in [2.05, 4.69) is 11.6 Å². The third kappa shape index (κ3) is 4.06. The largest absolute Gasteiger partial charge is 0.454 e. The first kappa shape index (κ1) is 22.8. The normalized spacial score (nSPS) is 19.0. The van der Waals surface area contributed by atoms with Crippen molar-refractivity contribution in [1.82, 2.24) is 8.87 Å². The molecule has 0 bridgehead atoms. The number of amides is 1. The molecular formula is C24H25N3O5S2. The molecule has 0 aliphatic carbocycles. The molecule has 1 saturated heterocycles. The minimum Gasteiger partial charge on any atom is -0.454 e. The molecule has 8 nitrogen and oxygen atoms in total. The molecule has 10 heteroatoms. The number of carbonyl (C=O) groups excluding carboxylic acids is 1. The predicted octanol–water partition coefficient (Wildman–Crippen LogP) is 3.92. The lowest BCUT2D eigenvalue weighted by Crippen LogP contribution is -2.41. The Balaban J connectivity index is 1.47. The molecule has 0 radical (unpaired) electrons. The van der Waals surface area contributed by atoms with Crippen molar-refractivity contribution < 1.29 is 22.7 Å². The number of hydrogen-bond acceptors (Lipinski definition) is 6. The van der Waals surface area contributed by atoms with E-state index in [0.29, 0.717) is 35.0 Å². The molecular weight excluding hydrogens is 474 g/mol. The van der Waals surface area contributed by atoms with Gasteiger partial charge in [-0.15, -0.1) is 6.58 Å². The van der Waals surface area contributed by atoms with Crippen molar-refractivity contribution >= 4 is 37.5 Å². The van der Waals surface area contributed by atoms with Crippen LogP contribution in [0.5, 0.6) is 11.5 Å². The van der Waals surface area contributed by atoms with Crippen LogP contribution < -0.4 is 14.3 Å². The van der Waals surface area contributed by atoms with Crippen LogP contribution in [0, 0.1) is 0 Å². The summed E-state index contributed by atoms with van der Waals surface area (Å²) in [5.74, 6) is 0.873. The highest BCUT2D eigenvalue weighted by molar-refractivity contribution is 7.89. The first-order valence-electron chi connectivity index (χ1n) is 11.1. The Kier molecular flexibility index (Phi) is 6.05. The lowest BCUT2D eigenvalue weighted by molar-refractivity contribution is 0.0997. The molecule has 1 unspecified atom stereocenters. The second-order valence-electron chi connectivity index (χ2n) is 8.36. The number of thiazole rings is 1. The Morgan fingerprint density at radius 1 is 1.21 bits per heavy atom. The number of ether oxygens (including phenoxy) is 2. The quantitative estimate of drug-likeness (QED) is 0.497. The molecule has 1 fully saturated rings. The van der Waals surface area contributed by atoms with Gasteiger partial charge >= 0.3 is 0 Å². The Morgan fingerprint density at radius 3 is 2.65 bits per heavy atom. The van der Waals surface area contributed by atoms with Crippen LogP contribution in [0.1, 0.15) is 36.5 Å². The SMILES string of the molecule is C=CCn1c(=NC(=O)c2ccc(S(=O)(=O)N3CCCCC3C)cc2)sc2cc3c(cc21)OCO3. The summed E-state index contributed by atoms with van der Waals surface area (Å²) in [5, 5.41) is 0. The van der Waals surface area contributed by atoms with Gasteiger partial charge in [0.15, 0.2) is 16.3 Å². The van der Waals surface area contributed by atoms with Gasteiger partial charge < -0.3 is 14.0 Å². The standard InChI is InChI=1S/C24H25N3O5S2/c1-3-11-26-19-13-20-21(32-15-31-20)14-22(19)33-24(26)25-23(28)17-7-9-18(10-8-17)34(29,30)27-12-5-4-6-16(27)2/h3,7-10,13-14,16H,1,4-6,11-12,15H2,2H3. The highest BCUT2D eigenvalue weighted by atomic mass is 32.2. The van der Waals surface area contributed by atoms with Crippen LogP contribution in [0.15, 0.2) is 58.9 Å². The van der Waals surface area contributed by atoms with E-state index >= 15 is 0 Å². The third-order valence-electron chi connectivity index (χ3n) is 6.14. The van der Waals surface area contributed by atoms with Crippen LogP contribution >= 0.6 is 11.3 Å². The summed E-state index contributed by atoms with van der Waals surface area (Å²) in [6.45, 7) is 6.92. The fraction of sp³-hybridized carbons (Fsp3) is 0.333. The van der Waals surface area contributed by atoms with E-state index in [1.165, 1.54) is 35.6 Å². The lowest BCUT2D eigenvalue weighted by atomic mass is 10.1. The Labute approximate surface area is 201 Å². The zero-order valence-electron chi connectivity index (χ0n) is 18.8. The molecule has 0 saturated carbocycles. The number of nitrogens with zero attached hydrogens (tertiary/aromatic N) is 3. The molecule has 1 aromatic heterocycles. The average Bonchev–Trinajstić information content (AvgIpc) is 3.42. The van der Waals surface area contributed by atoms with Gasteiger partial charge in [-0.1, -0.05) is 23.8 Å². The Hall–Kier alpha value is -2.95. The van der Waals surface area contributed by atoms with Gasteiger partial charge in [0.1, 0.15) is 0 Å². The molecule has 1 amide bonds. The van der Waals surface area contributed by atoms with Crippen LogP contribution in [0.4, 0.5) is 0 Å². The summed E-state index contributed by atoms with van der Waals surface area (Å²) in [7, 11) is -3.59. The van der Waals surface area contributed by atoms with Gasteiger partial charge in [0.05, 0.1) is 15.1 Å². The number of allylic oxidation sites excluding steroid dienone is 1. The fourth-order valence-corrected chi connectivity index (χ4v) is 7.08. The third-order valence-corrected chi connectivity index (χ3v) is 9.20. The summed E-state index contributed by atoms with van der Waals surface area (Å²) in [6.07, 6.45) is 4.49. The second-order valence-corrected chi connectivity index (χ2v) is 11.3. The van der Waals surface area contributed by atoms with Gasteiger partial charge in [-0.2, -0.15) is 9.30 Å². The topological polar surface area (TPSA) is 90.2 Å². The first-order chi connectivity index (χ1) is 16.4. The Morgan fingerprint density at radius 2 is 1.94 bits per heavy atom. The van der Waals surface area contributed by atoms with Crippen LogP contribution in [0.2, 0.25) is 0 Å². The number of aromatic nitrogens is 1. The van der Waals surface area contributed by atoms with Gasteiger partial charge in [-0.05, 0) is 44.0 Å². The highest BCUT2D eigenvalue weighted by Crippen LogP contribution is 2.37. The van der Waals surface area contributed by atoms with E-state index in [4.69, 9.17) is 9.47 Å². The number of piperidine rings is 1. The van der Waals surface area contributed by atoms with Crippen molar-refractivity contribution in [3.05, 3.63) is 59.4 Å². The summed E-state index contributed by atoms with van der Waals surface area (Å²) in [5.41, 5.74) is 1.19. The second kappa shape index (κ2) is 9.01. The van der Waals surface area contributed by atoms with E-state index in [0.717, 1.165) is 29.5 Å². The fourth-order valence-electron chi connectivity index (χ4n) is 4.34. The first-order valence-corrected chi connectivity index (χ1v) is 13.4. The maximum atomic E-state index is 13.1. The Bertz CT molecular complexity index is 1440. The molecule has 2 aliphatic heterocycles. The zero-order valence-corrected chi connectivity index (χ0v) is 20.4. The summed E-state index contributed by atoms with van der Waals surface area (Å²) in [4.78, 5) is 18.0. The van der Waals surface area contributed by atoms with Crippen molar-refractivity contribution in [2.45, 2.75) is 43.7 Å². The molecule has 0 spiro atoms. The number of fused-ring (bicyclic) bond motifs is 2. The van der Waals surface area contributed by atoms with E-state index < -0.39 is 15.9 Å². The van der Waals surface area contributed by atoms with Crippen molar-refractivity contribution in [1.29, 1.82) is 0 Å². The summed E-state index contributed by atoms with van der Waals surface area (Å²) in [6, 6.07) is 9.75. The van der Waals surface area contributed by atoms with Gasteiger partial charge in [-0.3, -0.25) is 4.79 Å². The molecule has 178 valence electrons. The minimum absolute atomic E-state index is 0.0273. The monoisotopic (exact) mass is 499 g/mol.